The van der Waals surface area contributed by atoms with E-state index in [1.807, 2.05) is 26.0 Å². The smallest absolute Gasteiger partial charge is 0.308 e. The zero-order chi connectivity index (χ0) is 34.5. The lowest BCUT2D eigenvalue weighted by atomic mass is 9.43. The van der Waals surface area contributed by atoms with E-state index in [4.69, 9.17) is 13.9 Å². The number of hydrogen-bond acceptors (Lipinski definition) is 7. The van der Waals surface area contributed by atoms with Crippen molar-refractivity contribution < 1.29 is 32.5 Å². The molecule has 7 nitrogen and oxygen atoms in total. The maximum Gasteiger partial charge on any atom is 0.308 e. The summed E-state index contributed by atoms with van der Waals surface area (Å²) in [6.45, 7) is 16.1. The first-order valence-electron chi connectivity index (χ1n) is 17.1. The number of aryl methyl sites for hydroxylation is 1. The van der Waals surface area contributed by atoms with Crippen LogP contribution >= 0.6 is 0 Å². The van der Waals surface area contributed by atoms with Gasteiger partial charge < -0.3 is 13.9 Å². The van der Waals surface area contributed by atoms with Crippen LogP contribution < -0.4 is 4.74 Å². The monoisotopic (exact) mass is 678 g/mol. The molecule has 9 heteroatoms. The Morgan fingerprint density at radius 1 is 1.00 bits per heavy atom. The average Bonchev–Trinajstić information content (AvgIpc) is 3.06. The molecule has 0 aliphatic heterocycles. The third-order valence-corrected chi connectivity index (χ3v) is 18.1. The van der Waals surface area contributed by atoms with E-state index in [0.717, 1.165) is 41.4 Å². The molecule has 0 N–H and O–H groups in total. The number of carbonyl (C=O) groups is 3. The van der Waals surface area contributed by atoms with Gasteiger partial charge in [0.05, 0.1) is 28.0 Å². The second-order valence-corrected chi connectivity index (χ2v) is 20.5. The van der Waals surface area contributed by atoms with Crippen molar-refractivity contribution in [3.8, 4) is 5.75 Å². The largest absolute Gasteiger partial charge is 0.546 e. The fraction of sp³-hybridized carbons (Fsp3) is 0.553. The topological polar surface area (TPSA) is 96.0 Å². The summed E-state index contributed by atoms with van der Waals surface area (Å²) >= 11 is 0. The summed E-state index contributed by atoms with van der Waals surface area (Å²) < 4.78 is 33.3. The molecule has 0 saturated heterocycles. The first-order chi connectivity index (χ1) is 22.3. The second kappa shape index (κ2) is 12.9. The number of allylic oxidation sites excluding steroid dienone is 1. The van der Waals surface area contributed by atoms with Gasteiger partial charge >= 0.3 is 5.97 Å². The molecule has 1 saturated carbocycles. The maximum atomic E-state index is 15.6. The first-order valence-corrected chi connectivity index (χ1v) is 20.8. The molecule has 0 aromatic heterocycles. The molecule has 0 spiro atoms. The minimum absolute atomic E-state index is 0.0533. The number of hydrogen-bond donors (Lipinski definition) is 0. The molecular formula is C38H50O7SSi. The van der Waals surface area contributed by atoms with E-state index < -0.39 is 52.6 Å². The zero-order valence-corrected chi connectivity index (χ0v) is 31.2. The Kier molecular flexibility index (Phi) is 9.69. The molecule has 2 bridgehead atoms. The molecule has 1 fully saturated rings. The summed E-state index contributed by atoms with van der Waals surface area (Å²) in [4.78, 5) is 43.8. The number of carbonyl (C=O) groups excluding carboxylic acids is 3. The molecule has 0 radical (unpaired) electrons. The summed E-state index contributed by atoms with van der Waals surface area (Å²) in [6.07, 6.45) is 2.33. The van der Waals surface area contributed by atoms with Gasteiger partial charge in [0.2, 0.25) is 8.32 Å². The third kappa shape index (κ3) is 5.05. The fourth-order valence-corrected chi connectivity index (χ4v) is 13.8. The molecule has 2 aromatic carbocycles. The number of esters is 1. The van der Waals surface area contributed by atoms with Crippen molar-refractivity contribution in [2.24, 2.45) is 17.3 Å². The summed E-state index contributed by atoms with van der Waals surface area (Å²) in [5.74, 6) is -1.29. The first kappa shape index (κ1) is 35.4. The molecule has 4 aliphatic rings. The molecule has 6 rings (SSSR count). The minimum atomic E-state index is -2.31. The van der Waals surface area contributed by atoms with Crippen LogP contribution in [0.25, 0.3) is 0 Å². The second-order valence-electron chi connectivity index (χ2n) is 14.1. The summed E-state index contributed by atoms with van der Waals surface area (Å²) in [5, 5.41) is 0. The van der Waals surface area contributed by atoms with Gasteiger partial charge in [-0.1, -0.05) is 64.4 Å². The van der Waals surface area contributed by atoms with Gasteiger partial charge in [0, 0.05) is 29.9 Å². The Bertz CT molecular complexity index is 1630. The minimum Gasteiger partial charge on any atom is -0.546 e. The predicted molar refractivity (Wildman–Crippen MR) is 187 cm³/mol. The van der Waals surface area contributed by atoms with Crippen LogP contribution in [0.15, 0.2) is 58.7 Å². The van der Waals surface area contributed by atoms with Crippen LogP contribution in [0.2, 0.25) is 18.1 Å². The van der Waals surface area contributed by atoms with Gasteiger partial charge in [-0.15, -0.1) is 0 Å². The van der Waals surface area contributed by atoms with Crippen LogP contribution in [-0.4, -0.2) is 47.5 Å². The Balaban J connectivity index is 1.95. The van der Waals surface area contributed by atoms with E-state index in [1.165, 1.54) is 6.92 Å². The number of rotatable bonds is 12. The summed E-state index contributed by atoms with van der Waals surface area (Å²) in [6, 6.07) is 14.8. The average molecular weight is 679 g/mol. The highest BCUT2D eigenvalue weighted by atomic mass is 32.2. The van der Waals surface area contributed by atoms with Gasteiger partial charge in [0.25, 0.3) is 0 Å². The lowest BCUT2D eigenvalue weighted by molar-refractivity contribution is -0.132. The summed E-state index contributed by atoms with van der Waals surface area (Å²) in [5.41, 5.74) is -0.323. The van der Waals surface area contributed by atoms with E-state index in [2.05, 4.69) is 34.6 Å². The molecule has 4 aliphatic carbocycles. The van der Waals surface area contributed by atoms with Crippen molar-refractivity contribution in [2.75, 3.05) is 7.11 Å². The molecule has 254 valence electrons. The van der Waals surface area contributed by atoms with Crippen molar-refractivity contribution >= 4 is 36.7 Å². The quantitative estimate of drug-likeness (QED) is 0.126. The standard InChI is InChI=1S/C38H50O7SSi/c1-10-47(11-2,12-3)45-35-26(7)37(43-9)23-22-36(35,21-20-24(4)5)33-32(40)31-29(14-13-15-30(31)44-27(8)39)34(41)38(33,37)46(42)28-18-16-25(6)17-19-28/h13-19,24,33H,10-12,20-23H2,1-9H3/t33-,36-,37+,38-,46?/m0/s1. The molecule has 0 amide bonds. The molecule has 1 unspecified atom stereocenters. The van der Waals surface area contributed by atoms with E-state index in [-0.39, 0.29) is 22.7 Å². The molecule has 5 atom stereocenters. The van der Waals surface area contributed by atoms with Crippen LogP contribution in [0.4, 0.5) is 0 Å². The van der Waals surface area contributed by atoms with Crippen molar-refractivity contribution in [3.05, 3.63) is 70.5 Å². The van der Waals surface area contributed by atoms with E-state index in [0.29, 0.717) is 30.1 Å². The number of methoxy groups -OCH3 is 1. The number of ether oxygens (including phenoxy) is 2. The summed E-state index contributed by atoms with van der Waals surface area (Å²) in [7, 11) is -2.75. The lowest BCUT2D eigenvalue weighted by Crippen LogP contribution is -2.79. The molecule has 47 heavy (non-hydrogen) atoms. The van der Waals surface area contributed by atoms with Gasteiger partial charge in [0.15, 0.2) is 16.3 Å². The van der Waals surface area contributed by atoms with Crippen LogP contribution in [0.3, 0.4) is 0 Å². The SMILES string of the molecule is CC[Si](CC)(CC)OC1=C(C)[C@]2(OC)CC[C@@]1(CCC(C)C)[C@@H]1C(=O)c3c(OC(C)=O)cccc3C(=O)[C@@]12S(=O)c1ccc(C)cc1. The van der Waals surface area contributed by atoms with Gasteiger partial charge in [-0.25, -0.2) is 0 Å². The Morgan fingerprint density at radius 2 is 1.64 bits per heavy atom. The predicted octanol–water partition coefficient (Wildman–Crippen LogP) is 8.37. The van der Waals surface area contributed by atoms with E-state index in [9.17, 15) is 4.79 Å². The van der Waals surface area contributed by atoms with Crippen molar-refractivity contribution in [2.45, 2.75) is 114 Å². The lowest BCUT2D eigenvalue weighted by Gasteiger charge is -2.67. The maximum absolute atomic E-state index is 15.6. The highest BCUT2D eigenvalue weighted by molar-refractivity contribution is 7.87. The van der Waals surface area contributed by atoms with Crippen LogP contribution in [-0.2, 0) is 24.8 Å². The molecule has 2 aromatic rings. The Labute approximate surface area is 283 Å². The van der Waals surface area contributed by atoms with Crippen molar-refractivity contribution in [1.29, 1.82) is 0 Å². The van der Waals surface area contributed by atoms with E-state index >= 15 is 13.8 Å². The van der Waals surface area contributed by atoms with Crippen LogP contribution in [0.5, 0.6) is 5.75 Å². The van der Waals surface area contributed by atoms with Crippen LogP contribution in [0.1, 0.15) is 100 Å². The molecular weight excluding hydrogens is 629 g/mol. The highest BCUT2D eigenvalue weighted by Gasteiger charge is 2.80. The number of fused-ring (bicyclic) bond motifs is 2. The van der Waals surface area contributed by atoms with Gasteiger partial charge in [-0.05, 0) is 87.4 Å². The Morgan fingerprint density at radius 3 is 2.19 bits per heavy atom. The normalized spacial score (nSPS) is 27.5. The number of Topliss-reactive ketones (excluding diaryl/α,β-unsaturated/α-hetero) is 2. The van der Waals surface area contributed by atoms with Crippen LogP contribution in [0, 0.1) is 24.2 Å². The zero-order valence-electron chi connectivity index (χ0n) is 29.4. The number of benzene rings is 2. The van der Waals surface area contributed by atoms with Crippen molar-refractivity contribution in [3.63, 3.8) is 0 Å². The van der Waals surface area contributed by atoms with Gasteiger partial charge in [-0.3, -0.25) is 18.6 Å². The Hall–Kier alpha value is -2.88. The third-order valence-electron chi connectivity index (χ3n) is 11.5. The van der Waals surface area contributed by atoms with E-state index in [1.54, 1.807) is 37.4 Å². The van der Waals surface area contributed by atoms with Gasteiger partial charge in [0.1, 0.15) is 11.4 Å². The highest BCUT2D eigenvalue weighted by Crippen LogP contribution is 2.71. The van der Waals surface area contributed by atoms with Crippen molar-refractivity contribution in [1.82, 2.24) is 0 Å². The number of ketones is 2. The molecule has 0 heterocycles. The van der Waals surface area contributed by atoms with Gasteiger partial charge in [-0.2, -0.15) is 0 Å². The fourth-order valence-electron chi connectivity index (χ4n) is 8.81.